The topological polar surface area (TPSA) is 74.0 Å². The SMILES string of the molecule is O=C(O)c1cc2c(Br)c(N3CCN(C(=O)c4cccc(Cl)c4Cl)CC3)ccc2o1. The third kappa shape index (κ3) is 3.70. The molecule has 0 bridgehead atoms. The van der Waals surface area contributed by atoms with Gasteiger partial charge in [0.15, 0.2) is 0 Å². The number of carboxylic acid groups (broad SMARTS) is 1. The van der Waals surface area contributed by atoms with E-state index in [-0.39, 0.29) is 16.7 Å². The summed E-state index contributed by atoms with van der Waals surface area (Å²) in [5.74, 6) is -1.36. The molecule has 1 amide bonds. The van der Waals surface area contributed by atoms with Crippen LogP contribution in [0.4, 0.5) is 5.69 Å². The first-order valence-corrected chi connectivity index (χ1v) is 10.4. The Balaban J connectivity index is 1.52. The van der Waals surface area contributed by atoms with Crippen molar-refractivity contribution in [3.8, 4) is 0 Å². The zero-order valence-corrected chi connectivity index (χ0v) is 18.1. The summed E-state index contributed by atoms with van der Waals surface area (Å²) in [6, 6.07) is 10.2. The summed E-state index contributed by atoms with van der Waals surface area (Å²) in [5.41, 5.74) is 1.82. The first kappa shape index (κ1) is 20.1. The molecule has 3 aromatic rings. The smallest absolute Gasteiger partial charge is 0.371 e. The van der Waals surface area contributed by atoms with E-state index in [2.05, 4.69) is 20.8 Å². The number of carboxylic acids is 1. The van der Waals surface area contributed by atoms with Crippen LogP contribution in [0.1, 0.15) is 20.9 Å². The molecule has 1 fully saturated rings. The average Bonchev–Trinajstić information content (AvgIpc) is 3.16. The molecular weight excluding hydrogens is 483 g/mol. The molecule has 0 atom stereocenters. The minimum Gasteiger partial charge on any atom is -0.475 e. The van der Waals surface area contributed by atoms with Crippen LogP contribution in [-0.4, -0.2) is 48.1 Å². The maximum Gasteiger partial charge on any atom is 0.371 e. The maximum atomic E-state index is 12.8. The number of furan rings is 1. The molecule has 1 aliphatic heterocycles. The van der Waals surface area contributed by atoms with Gasteiger partial charge in [0.05, 0.1) is 25.8 Å². The second-order valence-corrected chi connectivity index (χ2v) is 8.19. The van der Waals surface area contributed by atoms with E-state index in [9.17, 15) is 9.59 Å². The van der Waals surface area contributed by atoms with Gasteiger partial charge in [-0.25, -0.2) is 4.79 Å². The molecule has 6 nitrogen and oxygen atoms in total. The number of hydrogen-bond acceptors (Lipinski definition) is 4. The fraction of sp³-hybridized carbons (Fsp3) is 0.200. The molecule has 1 saturated heterocycles. The molecule has 2 aromatic carbocycles. The molecule has 0 aliphatic carbocycles. The number of nitrogens with zero attached hydrogens (tertiary/aromatic N) is 2. The monoisotopic (exact) mass is 496 g/mol. The van der Waals surface area contributed by atoms with Crippen molar-refractivity contribution in [1.29, 1.82) is 0 Å². The lowest BCUT2D eigenvalue weighted by Crippen LogP contribution is -2.49. The largest absolute Gasteiger partial charge is 0.475 e. The summed E-state index contributed by atoms with van der Waals surface area (Å²) in [4.78, 5) is 27.9. The highest BCUT2D eigenvalue weighted by molar-refractivity contribution is 9.10. The Morgan fingerprint density at radius 1 is 1.07 bits per heavy atom. The van der Waals surface area contributed by atoms with Gasteiger partial charge in [0.25, 0.3) is 5.91 Å². The van der Waals surface area contributed by atoms with E-state index >= 15 is 0 Å². The van der Waals surface area contributed by atoms with Gasteiger partial charge in [-0.15, -0.1) is 0 Å². The molecule has 2 heterocycles. The Hall–Kier alpha value is -2.22. The van der Waals surface area contributed by atoms with Crippen molar-refractivity contribution in [3.05, 3.63) is 62.2 Å². The van der Waals surface area contributed by atoms with Gasteiger partial charge >= 0.3 is 5.97 Å². The fourth-order valence-electron chi connectivity index (χ4n) is 3.41. The van der Waals surface area contributed by atoms with Gasteiger partial charge in [-0.1, -0.05) is 29.3 Å². The summed E-state index contributed by atoms with van der Waals surface area (Å²) >= 11 is 15.8. The second kappa shape index (κ2) is 7.89. The summed E-state index contributed by atoms with van der Waals surface area (Å²) in [6.45, 7) is 2.30. The lowest BCUT2D eigenvalue weighted by molar-refractivity contribution is 0.0664. The van der Waals surface area contributed by atoms with Gasteiger partial charge in [0.1, 0.15) is 5.58 Å². The van der Waals surface area contributed by atoms with Crippen LogP contribution in [0.3, 0.4) is 0 Å². The Morgan fingerprint density at radius 2 is 1.79 bits per heavy atom. The van der Waals surface area contributed by atoms with E-state index < -0.39 is 5.97 Å². The molecular formula is C20H15BrCl2N2O4. The van der Waals surface area contributed by atoms with Crippen LogP contribution < -0.4 is 4.90 Å². The Kier molecular flexibility index (Phi) is 5.46. The molecule has 1 N–H and O–H groups in total. The van der Waals surface area contributed by atoms with Crippen molar-refractivity contribution in [2.45, 2.75) is 0 Å². The van der Waals surface area contributed by atoms with E-state index in [0.717, 1.165) is 10.2 Å². The number of halogens is 3. The van der Waals surface area contributed by atoms with Crippen molar-refractivity contribution in [2.24, 2.45) is 0 Å². The van der Waals surface area contributed by atoms with Gasteiger partial charge in [0.2, 0.25) is 5.76 Å². The minimum atomic E-state index is -1.11. The normalized spacial score (nSPS) is 14.4. The standard InChI is InChI=1S/C20H15BrCl2N2O4/c21-17-12-10-16(20(27)28)29-15(12)5-4-14(17)24-6-8-25(9-7-24)19(26)11-2-1-3-13(22)18(11)23/h1-5,10H,6-9H2,(H,27,28). The van der Waals surface area contributed by atoms with E-state index in [0.29, 0.717) is 47.7 Å². The number of carbonyl (C=O) groups excluding carboxylic acids is 1. The van der Waals surface area contributed by atoms with Crippen LogP contribution in [0.2, 0.25) is 10.0 Å². The minimum absolute atomic E-state index is 0.105. The van der Waals surface area contributed by atoms with Gasteiger partial charge in [0, 0.05) is 37.6 Å². The van der Waals surface area contributed by atoms with E-state index in [1.54, 1.807) is 29.2 Å². The summed E-state index contributed by atoms with van der Waals surface area (Å²) in [7, 11) is 0. The van der Waals surface area contributed by atoms with Gasteiger partial charge < -0.3 is 19.3 Å². The molecule has 0 saturated carbocycles. The number of rotatable bonds is 3. The highest BCUT2D eigenvalue weighted by atomic mass is 79.9. The molecule has 4 rings (SSSR count). The number of piperazine rings is 1. The zero-order valence-electron chi connectivity index (χ0n) is 15.0. The second-order valence-electron chi connectivity index (χ2n) is 6.61. The van der Waals surface area contributed by atoms with Crippen molar-refractivity contribution >= 4 is 67.7 Å². The van der Waals surface area contributed by atoms with Crippen LogP contribution in [0.15, 0.2) is 45.3 Å². The number of benzene rings is 2. The fourth-order valence-corrected chi connectivity index (χ4v) is 4.48. The molecule has 0 radical (unpaired) electrons. The molecule has 0 unspecified atom stereocenters. The first-order chi connectivity index (χ1) is 13.9. The number of aromatic carboxylic acids is 1. The molecule has 9 heteroatoms. The summed E-state index contributed by atoms with van der Waals surface area (Å²) < 4.78 is 6.11. The average molecular weight is 498 g/mol. The number of hydrogen-bond donors (Lipinski definition) is 1. The van der Waals surface area contributed by atoms with Crippen LogP contribution in [0, 0.1) is 0 Å². The third-order valence-electron chi connectivity index (χ3n) is 4.92. The van der Waals surface area contributed by atoms with Crippen molar-refractivity contribution in [3.63, 3.8) is 0 Å². The third-order valence-corrected chi connectivity index (χ3v) is 6.57. The van der Waals surface area contributed by atoms with Crippen LogP contribution in [-0.2, 0) is 0 Å². The summed E-state index contributed by atoms with van der Waals surface area (Å²) in [6.07, 6.45) is 0. The molecule has 0 spiro atoms. The summed E-state index contributed by atoms with van der Waals surface area (Å²) in [5, 5.41) is 10.5. The Bertz CT molecular complexity index is 1120. The maximum absolute atomic E-state index is 12.8. The number of amides is 1. The van der Waals surface area contributed by atoms with E-state index in [4.69, 9.17) is 32.7 Å². The van der Waals surface area contributed by atoms with Gasteiger partial charge in [-0.2, -0.15) is 0 Å². The molecule has 1 aromatic heterocycles. The number of fused-ring (bicyclic) bond motifs is 1. The van der Waals surface area contributed by atoms with E-state index in [1.807, 2.05) is 6.07 Å². The first-order valence-electron chi connectivity index (χ1n) is 8.80. The molecule has 1 aliphatic rings. The van der Waals surface area contributed by atoms with Crippen LogP contribution >= 0.6 is 39.1 Å². The predicted octanol–water partition coefficient (Wildman–Crippen LogP) is 5.16. The van der Waals surface area contributed by atoms with Gasteiger partial charge in [-0.3, -0.25) is 4.79 Å². The predicted molar refractivity (Wildman–Crippen MR) is 115 cm³/mol. The lowest BCUT2D eigenvalue weighted by atomic mass is 10.1. The lowest BCUT2D eigenvalue weighted by Gasteiger charge is -2.36. The Labute approximate surface area is 184 Å². The van der Waals surface area contributed by atoms with Gasteiger partial charge in [-0.05, 0) is 40.2 Å². The van der Waals surface area contributed by atoms with Crippen molar-refractivity contribution in [1.82, 2.24) is 4.90 Å². The number of anilines is 1. The van der Waals surface area contributed by atoms with Crippen molar-refractivity contribution in [2.75, 3.05) is 31.1 Å². The van der Waals surface area contributed by atoms with Crippen LogP contribution in [0.5, 0.6) is 0 Å². The highest BCUT2D eigenvalue weighted by Gasteiger charge is 2.26. The number of carbonyl (C=O) groups is 2. The van der Waals surface area contributed by atoms with Crippen molar-refractivity contribution < 1.29 is 19.1 Å². The molecule has 150 valence electrons. The zero-order chi connectivity index (χ0) is 20.7. The highest BCUT2D eigenvalue weighted by Crippen LogP contribution is 2.36. The Morgan fingerprint density at radius 3 is 2.48 bits per heavy atom. The van der Waals surface area contributed by atoms with Crippen LogP contribution in [0.25, 0.3) is 11.0 Å². The quantitative estimate of drug-likeness (QED) is 0.540. The molecule has 29 heavy (non-hydrogen) atoms. The van der Waals surface area contributed by atoms with E-state index in [1.165, 1.54) is 6.07 Å².